The molecule has 0 aliphatic rings. The summed E-state index contributed by atoms with van der Waals surface area (Å²) in [6.07, 6.45) is 3.42. The predicted octanol–water partition coefficient (Wildman–Crippen LogP) is 5.88. The van der Waals surface area contributed by atoms with Crippen LogP contribution in [0.4, 0.5) is 0 Å². The van der Waals surface area contributed by atoms with Crippen molar-refractivity contribution in [3.8, 4) is 0 Å². The van der Waals surface area contributed by atoms with Crippen LogP contribution in [-0.4, -0.2) is 43.0 Å². The first-order valence-electron chi connectivity index (χ1n) is 12.5. The standard InChI is InChI=1S/C28H48N2O3/c1-20(2)18-24(19-21(3)4)25(31)22-10-12-23(13-11-22)26(32)30-27(5,6)15-17-33-28(7,8)14-16-29-9/h10-13,20-21,24,29H,14-19H2,1-9H3,(H,30,32). The molecule has 0 aromatic heterocycles. The highest BCUT2D eigenvalue weighted by atomic mass is 16.5. The number of nitrogens with one attached hydrogen (secondary N) is 2. The van der Waals surface area contributed by atoms with Crippen LogP contribution in [0.3, 0.4) is 0 Å². The quantitative estimate of drug-likeness (QED) is 0.321. The SMILES string of the molecule is CNCCC(C)(C)OCCC(C)(C)NC(=O)c1ccc(C(=O)C(CC(C)C)CC(C)C)cc1. The van der Waals surface area contributed by atoms with Gasteiger partial charge >= 0.3 is 0 Å². The number of hydrogen-bond donors (Lipinski definition) is 2. The first-order chi connectivity index (χ1) is 15.3. The smallest absolute Gasteiger partial charge is 0.251 e. The number of Topliss-reactive ketones (excluding diaryl/α,β-unsaturated/α-hetero) is 1. The zero-order chi connectivity index (χ0) is 25.2. The van der Waals surface area contributed by atoms with E-state index in [2.05, 4.69) is 52.2 Å². The minimum Gasteiger partial charge on any atom is -0.375 e. The summed E-state index contributed by atoms with van der Waals surface area (Å²) in [6, 6.07) is 7.12. The normalized spacial score (nSPS) is 12.6. The second-order valence-corrected chi connectivity index (χ2v) is 11.4. The molecule has 33 heavy (non-hydrogen) atoms. The Morgan fingerprint density at radius 1 is 0.879 bits per heavy atom. The zero-order valence-electron chi connectivity index (χ0n) is 22.5. The molecule has 1 aromatic rings. The Morgan fingerprint density at radius 3 is 1.88 bits per heavy atom. The van der Waals surface area contributed by atoms with Crippen molar-refractivity contribution in [2.24, 2.45) is 17.8 Å². The lowest BCUT2D eigenvalue weighted by Crippen LogP contribution is -2.44. The van der Waals surface area contributed by atoms with Crippen LogP contribution in [-0.2, 0) is 4.74 Å². The number of carbonyl (C=O) groups excluding carboxylic acids is 2. The maximum Gasteiger partial charge on any atom is 0.251 e. The summed E-state index contributed by atoms with van der Waals surface area (Å²) in [5.74, 6) is 1.03. The molecule has 0 fully saturated rings. The van der Waals surface area contributed by atoms with Gasteiger partial charge in [-0.1, -0.05) is 39.8 Å². The molecule has 5 nitrogen and oxygen atoms in total. The van der Waals surface area contributed by atoms with Crippen LogP contribution < -0.4 is 10.6 Å². The second-order valence-electron chi connectivity index (χ2n) is 11.4. The average Bonchev–Trinajstić information content (AvgIpc) is 2.70. The van der Waals surface area contributed by atoms with Crippen molar-refractivity contribution in [3.63, 3.8) is 0 Å². The van der Waals surface area contributed by atoms with Crippen molar-refractivity contribution in [1.82, 2.24) is 10.6 Å². The Bertz CT molecular complexity index is 726. The highest BCUT2D eigenvalue weighted by molar-refractivity contribution is 6.00. The summed E-state index contributed by atoms with van der Waals surface area (Å²) in [6.45, 7) is 18.3. The molecule has 0 bridgehead atoms. The van der Waals surface area contributed by atoms with Gasteiger partial charge in [-0.15, -0.1) is 0 Å². The van der Waals surface area contributed by atoms with Crippen LogP contribution in [0, 0.1) is 17.8 Å². The molecular weight excluding hydrogens is 412 g/mol. The van der Waals surface area contributed by atoms with Crippen LogP contribution >= 0.6 is 0 Å². The molecule has 0 unspecified atom stereocenters. The van der Waals surface area contributed by atoms with Gasteiger partial charge in [-0.2, -0.15) is 0 Å². The van der Waals surface area contributed by atoms with E-state index in [1.807, 2.05) is 20.9 Å². The molecule has 0 aliphatic heterocycles. The Morgan fingerprint density at radius 2 is 1.39 bits per heavy atom. The molecule has 1 amide bonds. The lowest BCUT2D eigenvalue weighted by molar-refractivity contribution is -0.0297. The van der Waals surface area contributed by atoms with Crippen LogP contribution in [0.5, 0.6) is 0 Å². The molecule has 0 saturated carbocycles. The third kappa shape index (κ3) is 11.3. The van der Waals surface area contributed by atoms with Gasteiger partial charge in [0, 0.05) is 29.2 Å². The summed E-state index contributed by atoms with van der Waals surface area (Å²) in [5, 5.41) is 6.26. The third-order valence-electron chi connectivity index (χ3n) is 5.96. The Labute approximate surface area is 202 Å². The molecule has 0 spiro atoms. The Kier molecular flexibility index (Phi) is 11.8. The van der Waals surface area contributed by atoms with Crippen LogP contribution in [0.2, 0.25) is 0 Å². The van der Waals surface area contributed by atoms with Crippen molar-refractivity contribution in [1.29, 1.82) is 0 Å². The molecule has 2 N–H and O–H groups in total. The fourth-order valence-electron chi connectivity index (χ4n) is 3.99. The van der Waals surface area contributed by atoms with Crippen LogP contribution in [0.25, 0.3) is 0 Å². The van der Waals surface area contributed by atoms with Crippen LogP contribution in [0.1, 0.15) is 102 Å². The van der Waals surface area contributed by atoms with E-state index in [0.29, 0.717) is 36.0 Å². The van der Waals surface area contributed by atoms with Gasteiger partial charge in [-0.3, -0.25) is 9.59 Å². The van der Waals surface area contributed by atoms with Gasteiger partial charge in [0.15, 0.2) is 5.78 Å². The minimum absolute atomic E-state index is 0.0287. The fraction of sp³-hybridized carbons (Fsp3) is 0.714. The minimum atomic E-state index is -0.399. The number of ether oxygens (including phenoxy) is 1. The predicted molar refractivity (Wildman–Crippen MR) is 138 cm³/mol. The number of ketones is 1. The molecule has 0 aliphatic carbocycles. The highest BCUT2D eigenvalue weighted by Gasteiger charge is 2.25. The number of amides is 1. The van der Waals surface area contributed by atoms with Gasteiger partial charge in [0.05, 0.1) is 5.60 Å². The molecular formula is C28H48N2O3. The first-order valence-corrected chi connectivity index (χ1v) is 12.5. The summed E-state index contributed by atoms with van der Waals surface area (Å²) in [7, 11) is 1.94. The maximum absolute atomic E-state index is 13.1. The first kappa shape index (κ1) is 29.3. The van der Waals surface area contributed by atoms with Gasteiger partial charge in [0.25, 0.3) is 5.91 Å². The summed E-state index contributed by atoms with van der Waals surface area (Å²) < 4.78 is 6.05. The van der Waals surface area contributed by atoms with E-state index < -0.39 is 5.54 Å². The van der Waals surface area contributed by atoms with E-state index in [1.54, 1.807) is 24.3 Å². The fourth-order valence-corrected chi connectivity index (χ4v) is 3.99. The molecule has 0 radical (unpaired) electrons. The van der Waals surface area contributed by atoms with Gasteiger partial charge in [0.1, 0.15) is 0 Å². The van der Waals surface area contributed by atoms with Gasteiger partial charge in [-0.05, 0) is 90.9 Å². The Hall–Kier alpha value is -1.72. The average molecular weight is 461 g/mol. The summed E-state index contributed by atoms with van der Waals surface area (Å²) in [5.41, 5.74) is 0.659. The van der Waals surface area contributed by atoms with Gasteiger partial charge in [0.2, 0.25) is 0 Å². The highest BCUT2D eigenvalue weighted by Crippen LogP contribution is 2.25. The van der Waals surface area contributed by atoms with Gasteiger partial charge in [-0.25, -0.2) is 0 Å². The van der Waals surface area contributed by atoms with E-state index in [1.165, 1.54) is 0 Å². The van der Waals surface area contributed by atoms with E-state index >= 15 is 0 Å². The number of benzene rings is 1. The largest absolute Gasteiger partial charge is 0.375 e. The maximum atomic E-state index is 13.1. The summed E-state index contributed by atoms with van der Waals surface area (Å²) >= 11 is 0. The van der Waals surface area contributed by atoms with E-state index in [-0.39, 0.29) is 23.2 Å². The van der Waals surface area contributed by atoms with Crippen molar-refractivity contribution in [2.45, 2.75) is 92.2 Å². The van der Waals surface area contributed by atoms with Crippen molar-refractivity contribution in [3.05, 3.63) is 35.4 Å². The topological polar surface area (TPSA) is 67.4 Å². The van der Waals surface area contributed by atoms with E-state index in [0.717, 1.165) is 25.8 Å². The van der Waals surface area contributed by atoms with E-state index in [4.69, 9.17) is 4.74 Å². The number of hydrogen-bond acceptors (Lipinski definition) is 4. The summed E-state index contributed by atoms with van der Waals surface area (Å²) in [4.78, 5) is 25.9. The molecule has 188 valence electrons. The van der Waals surface area contributed by atoms with Crippen molar-refractivity contribution >= 4 is 11.7 Å². The molecule has 1 aromatic carbocycles. The van der Waals surface area contributed by atoms with Crippen LogP contribution in [0.15, 0.2) is 24.3 Å². The van der Waals surface area contributed by atoms with Crippen molar-refractivity contribution in [2.75, 3.05) is 20.2 Å². The van der Waals surface area contributed by atoms with E-state index in [9.17, 15) is 9.59 Å². The number of rotatable bonds is 15. The molecule has 0 saturated heterocycles. The number of carbonyl (C=O) groups is 2. The lowest BCUT2D eigenvalue weighted by Gasteiger charge is -2.30. The molecule has 5 heteroatoms. The third-order valence-corrected chi connectivity index (χ3v) is 5.96. The molecule has 0 atom stereocenters. The Balaban J connectivity index is 2.71. The van der Waals surface area contributed by atoms with Crippen molar-refractivity contribution < 1.29 is 14.3 Å². The second kappa shape index (κ2) is 13.2. The monoisotopic (exact) mass is 460 g/mol. The zero-order valence-corrected chi connectivity index (χ0v) is 22.5. The molecule has 0 heterocycles. The lowest BCUT2D eigenvalue weighted by atomic mass is 9.84. The van der Waals surface area contributed by atoms with Gasteiger partial charge < -0.3 is 15.4 Å². The molecule has 1 rings (SSSR count).